The molecule has 0 aliphatic carbocycles. The van der Waals surface area contributed by atoms with Crippen molar-refractivity contribution < 1.29 is 14.3 Å². The highest BCUT2D eigenvalue weighted by molar-refractivity contribution is 7.07. The third-order valence-electron chi connectivity index (χ3n) is 2.23. The number of hydrogen-bond donors (Lipinski definition) is 1. The van der Waals surface area contributed by atoms with E-state index in [9.17, 15) is 14.4 Å². The number of nitrogens with zero attached hydrogens (tertiary/aromatic N) is 1. The molecule has 1 heterocycles. The van der Waals surface area contributed by atoms with Crippen molar-refractivity contribution in [1.29, 1.82) is 0 Å². The first-order chi connectivity index (χ1) is 8.54. The van der Waals surface area contributed by atoms with Crippen LogP contribution in [0.4, 0.5) is 0 Å². The first kappa shape index (κ1) is 14.4. The molecule has 0 aliphatic heterocycles. The molecule has 1 rings (SSSR count). The number of carbonyl (C=O) groups excluding carboxylic acids is 2. The van der Waals surface area contributed by atoms with Gasteiger partial charge in [0.05, 0.1) is 13.0 Å². The average molecular weight is 272 g/mol. The first-order valence-electron chi connectivity index (χ1n) is 5.61. The first-order valence-corrected chi connectivity index (χ1v) is 6.49. The fourth-order valence-corrected chi connectivity index (χ4v) is 2.07. The summed E-state index contributed by atoms with van der Waals surface area (Å²) < 4.78 is 6.12. The van der Waals surface area contributed by atoms with E-state index in [0.717, 1.165) is 17.0 Å². The normalized spacial score (nSPS) is 10.1. The van der Waals surface area contributed by atoms with E-state index in [0.29, 0.717) is 6.61 Å². The molecule has 1 aromatic heterocycles. The third kappa shape index (κ3) is 4.33. The van der Waals surface area contributed by atoms with Crippen LogP contribution in [0.15, 0.2) is 10.2 Å². The van der Waals surface area contributed by atoms with Crippen molar-refractivity contribution in [1.82, 2.24) is 9.88 Å². The van der Waals surface area contributed by atoms with Crippen LogP contribution in [0.1, 0.15) is 19.0 Å². The van der Waals surface area contributed by atoms with Gasteiger partial charge in [0, 0.05) is 17.6 Å². The molecular formula is C11H16N2O4S. The van der Waals surface area contributed by atoms with E-state index < -0.39 is 0 Å². The second-order valence-electron chi connectivity index (χ2n) is 3.63. The van der Waals surface area contributed by atoms with Gasteiger partial charge in [-0.1, -0.05) is 11.3 Å². The largest absolute Gasteiger partial charge is 0.466 e. The molecule has 0 saturated carbocycles. The van der Waals surface area contributed by atoms with Crippen molar-refractivity contribution in [2.24, 2.45) is 0 Å². The van der Waals surface area contributed by atoms with Crippen LogP contribution in [0, 0.1) is 6.92 Å². The quantitative estimate of drug-likeness (QED) is 0.755. The Labute approximate surface area is 109 Å². The molecule has 7 heteroatoms. The highest BCUT2D eigenvalue weighted by Crippen LogP contribution is 1.98. The molecule has 1 N–H and O–H groups in total. The van der Waals surface area contributed by atoms with Gasteiger partial charge < -0.3 is 10.1 Å². The van der Waals surface area contributed by atoms with Gasteiger partial charge in [0.1, 0.15) is 6.54 Å². The molecule has 0 saturated heterocycles. The molecule has 0 aliphatic rings. The van der Waals surface area contributed by atoms with Gasteiger partial charge in [0.2, 0.25) is 5.91 Å². The maximum absolute atomic E-state index is 11.5. The zero-order valence-electron chi connectivity index (χ0n) is 10.4. The summed E-state index contributed by atoms with van der Waals surface area (Å²) in [4.78, 5) is 33.8. The van der Waals surface area contributed by atoms with Gasteiger partial charge >= 0.3 is 10.8 Å². The predicted molar refractivity (Wildman–Crippen MR) is 67.6 cm³/mol. The van der Waals surface area contributed by atoms with Gasteiger partial charge in [-0.3, -0.25) is 19.0 Å². The summed E-state index contributed by atoms with van der Waals surface area (Å²) in [6, 6.07) is 0. The summed E-state index contributed by atoms with van der Waals surface area (Å²) in [5.74, 6) is -0.635. The van der Waals surface area contributed by atoms with Crippen molar-refractivity contribution in [3.8, 4) is 0 Å². The Balaban J connectivity index is 2.35. The van der Waals surface area contributed by atoms with E-state index in [1.807, 2.05) is 0 Å². The molecule has 18 heavy (non-hydrogen) atoms. The lowest BCUT2D eigenvalue weighted by Gasteiger charge is -2.06. The Hall–Kier alpha value is -1.63. The number of aryl methyl sites for hydroxylation is 1. The van der Waals surface area contributed by atoms with E-state index in [2.05, 4.69) is 5.32 Å². The SMILES string of the molecule is CCOC(=O)CCNC(=O)Cn1c(C)csc1=O. The monoisotopic (exact) mass is 272 g/mol. The summed E-state index contributed by atoms with van der Waals surface area (Å²) in [7, 11) is 0. The van der Waals surface area contributed by atoms with Crippen molar-refractivity contribution in [3.63, 3.8) is 0 Å². The van der Waals surface area contributed by atoms with Gasteiger partial charge in [-0.25, -0.2) is 0 Å². The Morgan fingerprint density at radius 1 is 1.50 bits per heavy atom. The predicted octanol–water partition coefficient (Wildman–Crippen LogP) is 0.288. The lowest BCUT2D eigenvalue weighted by Crippen LogP contribution is -2.32. The minimum absolute atomic E-state index is 0.0169. The van der Waals surface area contributed by atoms with Gasteiger partial charge in [0.25, 0.3) is 0 Å². The van der Waals surface area contributed by atoms with Gasteiger partial charge in [-0.05, 0) is 13.8 Å². The maximum Gasteiger partial charge on any atom is 0.307 e. The number of rotatable bonds is 6. The number of esters is 1. The molecular weight excluding hydrogens is 256 g/mol. The molecule has 1 amide bonds. The molecule has 0 fully saturated rings. The number of hydrogen-bond acceptors (Lipinski definition) is 5. The Morgan fingerprint density at radius 3 is 2.78 bits per heavy atom. The van der Waals surface area contributed by atoms with Crippen LogP contribution in [0.2, 0.25) is 0 Å². The molecule has 0 bridgehead atoms. The molecule has 0 radical (unpaired) electrons. The van der Waals surface area contributed by atoms with Crippen LogP contribution >= 0.6 is 11.3 Å². The summed E-state index contributed by atoms with van der Waals surface area (Å²) in [5.41, 5.74) is 0.755. The molecule has 0 unspecified atom stereocenters. The minimum Gasteiger partial charge on any atom is -0.466 e. The minimum atomic E-state index is -0.346. The summed E-state index contributed by atoms with van der Waals surface area (Å²) >= 11 is 1.06. The van der Waals surface area contributed by atoms with Crippen molar-refractivity contribution in [2.45, 2.75) is 26.8 Å². The third-order valence-corrected chi connectivity index (χ3v) is 3.12. The number of carbonyl (C=O) groups is 2. The molecule has 100 valence electrons. The van der Waals surface area contributed by atoms with Crippen LogP contribution in [0.25, 0.3) is 0 Å². The summed E-state index contributed by atoms with van der Waals surface area (Å²) in [6.07, 6.45) is 0.136. The van der Waals surface area contributed by atoms with Gasteiger partial charge in [0.15, 0.2) is 0 Å². The Kier molecular flexibility index (Phi) is 5.57. The molecule has 0 atom stereocenters. The van der Waals surface area contributed by atoms with Crippen LogP contribution < -0.4 is 10.2 Å². The van der Waals surface area contributed by atoms with E-state index in [1.165, 1.54) is 4.57 Å². The fraction of sp³-hybridized carbons (Fsp3) is 0.545. The van der Waals surface area contributed by atoms with Gasteiger partial charge in [-0.15, -0.1) is 0 Å². The smallest absolute Gasteiger partial charge is 0.307 e. The van der Waals surface area contributed by atoms with Gasteiger partial charge in [-0.2, -0.15) is 0 Å². The summed E-state index contributed by atoms with van der Waals surface area (Å²) in [6.45, 7) is 4.02. The summed E-state index contributed by atoms with van der Waals surface area (Å²) in [5, 5.41) is 4.27. The van der Waals surface area contributed by atoms with Crippen LogP contribution in [-0.4, -0.2) is 29.6 Å². The van der Waals surface area contributed by atoms with Crippen LogP contribution in [0.3, 0.4) is 0 Å². The highest BCUT2D eigenvalue weighted by atomic mass is 32.1. The fourth-order valence-electron chi connectivity index (χ4n) is 1.33. The second-order valence-corrected chi connectivity index (χ2v) is 4.45. The van der Waals surface area contributed by atoms with Crippen molar-refractivity contribution >= 4 is 23.2 Å². The van der Waals surface area contributed by atoms with E-state index in [4.69, 9.17) is 4.74 Å². The Morgan fingerprint density at radius 2 is 2.22 bits per heavy atom. The topological polar surface area (TPSA) is 77.4 Å². The number of thiazole rings is 1. The van der Waals surface area contributed by atoms with Crippen LogP contribution in [0.5, 0.6) is 0 Å². The van der Waals surface area contributed by atoms with E-state index in [1.54, 1.807) is 19.2 Å². The number of aromatic nitrogens is 1. The van der Waals surface area contributed by atoms with E-state index in [-0.39, 0.29) is 36.3 Å². The van der Waals surface area contributed by atoms with Crippen LogP contribution in [-0.2, 0) is 20.9 Å². The molecule has 1 aromatic rings. The van der Waals surface area contributed by atoms with Crippen molar-refractivity contribution in [3.05, 3.63) is 20.7 Å². The van der Waals surface area contributed by atoms with Crippen molar-refractivity contribution in [2.75, 3.05) is 13.2 Å². The standard InChI is InChI=1S/C11H16N2O4S/c1-3-17-10(15)4-5-12-9(14)6-13-8(2)7-18-11(13)16/h7H,3-6H2,1-2H3,(H,12,14). The number of amides is 1. The van der Waals surface area contributed by atoms with E-state index >= 15 is 0 Å². The highest BCUT2D eigenvalue weighted by Gasteiger charge is 2.08. The molecule has 0 spiro atoms. The zero-order valence-corrected chi connectivity index (χ0v) is 11.2. The number of ether oxygens (including phenoxy) is 1. The maximum atomic E-state index is 11.5. The Bertz CT molecular complexity index is 478. The molecule has 0 aromatic carbocycles. The molecule has 6 nitrogen and oxygen atoms in total. The lowest BCUT2D eigenvalue weighted by molar-refractivity contribution is -0.143. The number of nitrogens with one attached hydrogen (secondary N) is 1. The lowest BCUT2D eigenvalue weighted by atomic mass is 10.4. The zero-order chi connectivity index (χ0) is 13.5. The average Bonchev–Trinajstić information content (AvgIpc) is 2.61. The second kappa shape index (κ2) is 6.95.